The highest BCUT2D eigenvalue weighted by Gasteiger charge is 2.31. The minimum absolute atomic E-state index is 0.0531. The second kappa shape index (κ2) is 9.35. The Morgan fingerprint density at radius 3 is 2.52 bits per heavy atom. The van der Waals surface area contributed by atoms with Crippen molar-refractivity contribution in [3.8, 4) is 0 Å². The quantitative estimate of drug-likeness (QED) is 0.407. The van der Waals surface area contributed by atoms with Crippen LogP contribution in [0.1, 0.15) is 31.9 Å². The number of benzene rings is 2. The van der Waals surface area contributed by atoms with Crippen LogP contribution in [0.25, 0.3) is 0 Å². The highest BCUT2D eigenvalue weighted by atomic mass is 19.1. The lowest BCUT2D eigenvalue weighted by Gasteiger charge is -2.24. The van der Waals surface area contributed by atoms with Crippen molar-refractivity contribution in [2.75, 3.05) is 13.1 Å². The van der Waals surface area contributed by atoms with Crippen molar-refractivity contribution in [1.29, 1.82) is 0 Å². The summed E-state index contributed by atoms with van der Waals surface area (Å²) < 4.78 is 33.7. The third-order valence-corrected chi connectivity index (χ3v) is 4.79. The molecule has 33 heavy (non-hydrogen) atoms. The van der Waals surface area contributed by atoms with Crippen LogP contribution in [-0.2, 0) is 11.3 Å². The van der Waals surface area contributed by atoms with Gasteiger partial charge >= 0.3 is 11.8 Å². The minimum atomic E-state index is -0.960. The van der Waals surface area contributed by atoms with Crippen molar-refractivity contribution in [2.24, 2.45) is 10.7 Å². The third kappa shape index (κ3) is 5.71. The molecule has 0 aromatic heterocycles. The average molecular weight is 458 g/mol. The van der Waals surface area contributed by atoms with Crippen LogP contribution in [0, 0.1) is 21.7 Å². The van der Waals surface area contributed by atoms with Crippen LogP contribution in [0.4, 0.5) is 19.3 Å². The van der Waals surface area contributed by atoms with Gasteiger partial charge < -0.3 is 10.5 Å². The molecule has 0 saturated heterocycles. The summed E-state index contributed by atoms with van der Waals surface area (Å²) in [6, 6.07) is 9.39. The number of carbonyl (C=O) groups is 1. The molecule has 1 aliphatic rings. The second-order valence-corrected chi connectivity index (χ2v) is 8.53. The molecule has 2 N–H and O–H groups in total. The lowest BCUT2D eigenvalue weighted by molar-refractivity contribution is -0.387. The fourth-order valence-electron chi connectivity index (χ4n) is 3.30. The van der Waals surface area contributed by atoms with E-state index in [4.69, 9.17) is 10.5 Å². The number of ether oxygens (including phenoxy) is 1. The number of amides is 1. The molecule has 0 bridgehead atoms. The molecule has 2 aromatic carbocycles. The summed E-state index contributed by atoms with van der Waals surface area (Å²) in [5, 5.41) is 11.0. The lowest BCUT2D eigenvalue weighted by Crippen LogP contribution is -2.36. The van der Waals surface area contributed by atoms with E-state index in [0.29, 0.717) is 16.8 Å². The molecule has 3 rings (SSSR count). The normalized spacial score (nSPS) is 14.6. The molecule has 0 saturated carbocycles. The van der Waals surface area contributed by atoms with Gasteiger partial charge in [-0.1, -0.05) is 18.2 Å². The maximum absolute atomic E-state index is 14.7. The first-order valence-corrected chi connectivity index (χ1v) is 10.1. The first kappa shape index (κ1) is 23.8. The summed E-state index contributed by atoms with van der Waals surface area (Å²) in [6.45, 7) is 5.28. The van der Waals surface area contributed by atoms with Crippen molar-refractivity contribution in [3.63, 3.8) is 0 Å². The van der Waals surface area contributed by atoms with Crippen molar-refractivity contribution >= 4 is 17.5 Å². The monoisotopic (exact) mass is 458 g/mol. The summed E-state index contributed by atoms with van der Waals surface area (Å²) in [4.78, 5) is 28.6. The van der Waals surface area contributed by atoms with E-state index >= 15 is 0 Å². The van der Waals surface area contributed by atoms with Crippen molar-refractivity contribution in [2.45, 2.75) is 32.9 Å². The van der Waals surface area contributed by atoms with Gasteiger partial charge in [-0.05, 0) is 44.5 Å². The molecule has 2 aromatic rings. The number of nitro benzene ring substituents is 1. The Morgan fingerprint density at radius 1 is 1.18 bits per heavy atom. The Kier molecular flexibility index (Phi) is 6.75. The summed E-state index contributed by atoms with van der Waals surface area (Å²) in [6.07, 6.45) is -0.567. The van der Waals surface area contributed by atoms with Crippen LogP contribution in [0.3, 0.4) is 0 Å². The van der Waals surface area contributed by atoms with Gasteiger partial charge in [0.2, 0.25) is 5.82 Å². The van der Waals surface area contributed by atoms with Crippen molar-refractivity contribution in [1.82, 2.24) is 4.90 Å². The van der Waals surface area contributed by atoms with E-state index in [2.05, 4.69) is 4.99 Å². The molecule has 1 amide bonds. The number of nitrogens with zero attached hydrogens (tertiary/aromatic N) is 3. The van der Waals surface area contributed by atoms with E-state index in [1.54, 1.807) is 26.8 Å². The first-order chi connectivity index (χ1) is 15.5. The molecule has 0 spiro atoms. The molecule has 0 atom stereocenters. The summed E-state index contributed by atoms with van der Waals surface area (Å²) >= 11 is 0. The standard InChI is InChI=1S/C23H24F2N4O4/c1-23(2,3)33-22(30)28-12-16(19(26)13-28)21(15-6-4-5-7-17(15)24)27-11-14-8-9-18(25)20(10-14)29(31)32/h4-10H,11-13,26H2,1-3H3. The van der Waals surface area contributed by atoms with Gasteiger partial charge in [0.25, 0.3) is 0 Å². The largest absolute Gasteiger partial charge is 0.444 e. The maximum Gasteiger partial charge on any atom is 0.410 e. The summed E-state index contributed by atoms with van der Waals surface area (Å²) in [5.41, 5.74) is 6.33. The molecule has 0 aliphatic carbocycles. The highest BCUT2D eigenvalue weighted by molar-refractivity contribution is 6.14. The van der Waals surface area contributed by atoms with Crippen LogP contribution in [0.15, 0.2) is 58.7 Å². The van der Waals surface area contributed by atoms with Crippen LogP contribution >= 0.6 is 0 Å². The van der Waals surface area contributed by atoms with E-state index in [-0.39, 0.29) is 30.9 Å². The number of nitrogens with two attached hydrogens (primary N) is 1. The van der Waals surface area contributed by atoms with E-state index < -0.39 is 33.9 Å². The molecular formula is C23H24F2N4O4. The summed E-state index contributed by atoms with van der Waals surface area (Å²) in [7, 11) is 0. The number of carbonyl (C=O) groups excluding carboxylic acids is 1. The van der Waals surface area contributed by atoms with Crippen LogP contribution < -0.4 is 5.73 Å². The molecule has 0 unspecified atom stereocenters. The number of aliphatic imine (C=N–C) groups is 1. The Balaban J connectivity index is 1.96. The SMILES string of the molecule is CC(C)(C)OC(=O)N1CC(N)=C(C(=NCc2ccc(F)c([N+](=O)[O-])c2)c2ccccc2F)C1. The third-order valence-electron chi connectivity index (χ3n) is 4.79. The Labute approximate surface area is 189 Å². The fraction of sp³-hybridized carbons (Fsp3) is 0.304. The molecular weight excluding hydrogens is 434 g/mol. The van der Waals surface area contributed by atoms with Gasteiger partial charge in [0.15, 0.2) is 0 Å². The summed E-state index contributed by atoms with van der Waals surface area (Å²) in [5.74, 6) is -1.50. The minimum Gasteiger partial charge on any atom is -0.444 e. The maximum atomic E-state index is 14.7. The topological polar surface area (TPSA) is 111 Å². The molecule has 1 heterocycles. The van der Waals surface area contributed by atoms with Gasteiger partial charge in [-0.15, -0.1) is 0 Å². The smallest absolute Gasteiger partial charge is 0.410 e. The predicted octanol–water partition coefficient (Wildman–Crippen LogP) is 4.33. The zero-order valence-electron chi connectivity index (χ0n) is 18.5. The predicted molar refractivity (Wildman–Crippen MR) is 119 cm³/mol. The highest BCUT2D eigenvalue weighted by Crippen LogP contribution is 2.25. The molecule has 0 radical (unpaired) electrons. The van der Waals surface area contributed by atoms with Crippen LogP contribution in [0.2, 0.25) is 0 Å². The van der Waals surface area contributed by atoms with Crippen LogP contribution in [-0.4, -0.2) is 40.3 Å². The second-order valence-electron chi connectivity index (χ2n) is 8.53. The lowest BCUT2D eigenvalue weighted by atomic mass is 10.0. The van der Waals surface area contributed by atoms with Gasteiger partial charge in [0.1, 0.15) is 11.4 Å². The van der Waals surface area contributed by atoms with E-state index in [9.17, 15) is 23.7 Å². The van der Waals surface area contributed by atoms with Gasteiger partial charge in [-0.2, -0.15) is 4.39 Å². The van der Waals surface area contributed by atoms with Crippen LogP contribution in [0.5, 0.6) is 0 Å². The number of halogens is 2. The number of hydrogen-bond donors (Lipinski definition) is 1. The van der Waals surface area contributed by atoms with E-state index in [1.165, 1.54) is 29.2 Å². The van der Waals surface area contributed by atoms with E-state index in [1.807, 2.05) is 0 Å². The van der Waals surface area contributed by atoms with Gasteiger partial charge in [0.05, 0.1) is 30.3 Å². The zero-order valence-corrected chi connectivity index (χ0v) is 18.5. The van der Waals surface area contributed by atoms with Gasteiger partial charge in [-0.3, -0.25) is 20.0 Å². The molecule has 1 aliphatic heterocycles. The molecule has 0 fully saturated rings. The van der Waals surface area contributed by atoms with Gasteiger partial charge in [-0.25, -0.2) is 9.18 Å². The number of nitro groups is 1. The zero-order chi connectivity index (χ0) is 24.3. The number of rotatable bonds is 5. The molecule has 8 nitrogen and oxygen atoms in total. The average Bonchev–Trinajstić information content (AvgIpc) is 3.11. The number of hydrogen-bond acceptors (Lipinski definition) is 6. The van der Waals surface area contributed by atoms with Crippen molar-refractivity contribution < 1.29 is 23.2 Å². The molecule has 10 heteroatoms. The fourth-order valence-corrected chi connectivity index (χ4v) is 3.30. The van der Waals surface area contributed by atoms with E-state index in [0.717, 1.165) is 12.1 Å². The Hall–Kier alpha value is -3.82. The van der Waals surface area contributed by atoms with Gasteiger partial charge in [0, 0.05) is 22.9 Å². The first-order valence-electron chi connectivity index (χ1n) is 10.1. The Bertz CT molecular complexity index is 1160. The Morgan fingerprint density at radius 2 is 1.88 bits per heavy atom. The molecule has 174 valence electrons. The van der Waals surface area contributed by atoms with Crippen molar-refractivity contribution in [3.05, 3.63) is 86.6 Å².